The summed E-state index contributed by atoms with van der Waals surface area (Å²) in [7, 11) is 0. The van der Waals surface area contributed by atoms with Crippen molar-refractivity contribution < 1.29 is 4.39 Å². The van der Waals surface area contributed by atoms with Crippen molar-refractivity contribution >= 4 is 6.08 Å². The van der Waals surface area contributed by atoms with Gasteiger partial charge in [-0.1, -0.05) is 12.7 Å². The number of aryl methyl sites for hydroxylation is 2. The van der Waals surface area contributed by atoms with Gasteiger partial charge >= 0.3 is 0 Å². The fourth-order valence-corrected chi connectivity index (χ4v) is 0.992. The zero-order valence-corrected chi connectivity index (χ0v) is 6.69. The van der Waals surface area contributed by atoms with Crippen LogP contribution in [0.4, 0.5) is 4.39 Å². The molecule has 0 aliphatic heterocycles. The van der Waals surface area contributed by atoms with E-state index in [2.05, 4.69) is 11.6 Å². The zero-order valence-electron chi connectivity index (χ0n) is 6.69. The molecule has 0 radical (unpaired) electrons. The largest absolute Gasteiger partial charge is 0.255 e. The van der Waals surface area contributed by atoms with Gasteiger partial charge in [0.2, 0.25) is 0 Å². The molecule has 0 aliphatic rings. The third-order valence-corrected chi connectivity index (χ3v) is 1.50. The number of rotatable bonds is 1. The molecule has 58 valence electrons. The fourth-order valence-electron chi connectivity index (χ4n) is 0.992. The molecule has 0 atom stereocenters. The van der Waals surface area contributed by atoms with Crippen LogP contribution in [0.2, 0.25) is 0 Å². The first-order valence-corrected chi connectivity index (χ1v) is 3.41. The van der Waals surface area contributed by atoms with E-state index in [1.807, 2.05) is 6.92 Å². The zero-order chi connectivity index (χ0) is 8.43. The summed E-state index contributed by atoms with van der Waals surface area (Å²) >= 11 is 0. The summed E-state index contributed by atoms with van der Waals surface area (Å²) in [4.78, 5) is 3.96. The summed E-state index contributed by atoms with van der Waals surface area (Å²) in [6, 6.07) is 1.68. The Morgan fingerprint density at radius 3 is 2.73 bits per heavy atom. The maximum absolute atomic E-state index is 13.0. The summed E-state index contributed by atoms with van der Waals surface area (Å²) in [6.07, 6.45) is 1.50. The maximum Gasteiger partial charge on any atom is 0.151 e. The van der Waals surface area contributed by atoms with E-state index in [0.29, 0.717) is 11.3 Å². The lowest BCUT2D eigenvalue weighted by atomic mass is 10.2. The highest BCUT2D eigenvalue weighted by Crippen LogP contribution is 2.12. The van der Waals surface area contributed by atoms with Gasteiger partial charge < -0.3 is 0 Å². The van der Waals surface area contributed by atoms with E-state index >= 15 is 0 Å². The van der Waals surface area contributed by atoms with Crippen LogP contribution in [0.1, 0.15) is 17.0 Å². The van der Waals surface area contributed by atoms with E-state index in [1.54, 1.807) is 13.0 Å². The Kier molecular flexibility index (Phi) is 2.03. The van der Waals surface area contributed by atoms with Gasteiger partial charge in [-0.05, 0) is 19.9 Å². The van der Waals surface area contributed by atoms with Crippen molar-refractivity contribution in [2.75, 3.05) is 0 Å². The highest BCUT2D eigenvalue weighted by Gasteiger charge is 2.03. The van der Waals surface area contributed by atoms with E-state index in [9.17, 15) is 4.39 Å². The van der Waals surface area contributed by atoms with Gasteiger partial charge in [0, 0.05) is 11.3 Å². The molecular formula is C9H10FN. The molecule has 0 aromatic carbocycles. The van der Waals surface area contributed by atoms with Crippen LogP contribution in [-0.2, 0) is 0 Å². The monoisotopic (exact) mass is 151 g/mol. The molecule has 1 heterocycles. The van der Waals surface area contributed by atoms with E-state index in [1.165, 1.54) is 6.08 Å². The Morgan fingerprint density at radius 2 is 2.18 bits per heavy atom. The first kappa shape index (κ1) is 7.92. The van der Waals surface area contributed by atoms with Crippen molar-refractivity contribution in [2.24, 2.45) is 0 Å². The van der Waals surface area contributed by atoms with Crippen LogP contribution in [-0.4, -0.2) is 4.98 Å². The standard InChI is InChI=1S/C9H10FN/c1-4-8-5-6(2)11-7(3)9(8)10/h4-5H,1H2,2-3H3. The Morgan fingerprint density at radius 1 is 1.55 bits per heavy atom. The number of pyridine rings is 1. The molecular weight excluding hydrogens is 141 g/mol. The summed E-state index contributed by atoms with van der Waals surface area (Å²) in [6.45, 7) is 6.99. The minimum Gasteiger partial charge on any atom is -0.255 e. The van der Waals surface area contributed by atoms with Crippen LogP contribution in [0.15, 0.2) is 12.6 Å². The summed E-state index contributed by atoms with van der Waals surface area (Å²) < 4.78 is 13.0. The summed E-state index contributed by atoms with van der Waals surface area (Å²) in [5.74, 6) is -0.273. The lowest BCUT2D eigenvalue weighted by Crippen LogP contribution is -1.93. The highest BCUT2D eigenvalue weighted by atomic mass is 19.1. The second-order valence-electron chi connectivity index (χ2n) is 2.46. The Labute approximate surface area is 65.6 Å². The van der Waals surface area contributed by atoms with Gasteiger partial charge in [-0.25, -0.2) is 4.39 Å². The third kappa shape index (κ3) is 1.45. The second kappa shape index (κ2) is 2.82. The van der Waals surface area contributed by atoms with Crippen molar-refractivity contribution in [2.45, 2.75) is 13.8 Å². The molecule has 1 aromatic rings. The van der Waals surface area contributed by atoms with Crippen LogP contribution in [0.3, 0.4) is 0 Å². The van der Waals surface area contributed by atoms with E-state index in [4.69, 9.17) is 0 Å². The molecule has 0 fully saturated rings. The molecule has 1 rings (SSSR count). The van der Waals surface area contributed by atoms with E-state index in [-0.39, 0.29) is 5.82 Å². The van der Waals surface area contributed by atoms with E-state index < -0.39 is 0 Å². The minimum atomic E-state index is -0.273. The molecule has 0 saturated carbocycles. The van der Waals surface area contributed by atoms with Crippen LogP contribution >= 0.6 is 0 Å². The first-order chi connectivity index (χ1) is 5.15. The molecule has 0 unspecified atom stereocenters. The number of hydrogen-bond acceptors (Lipinski definition) is 1. The van der Waals surface area contributed by atoms with Gasteiger partial charge in [0.15, 0.2) is 5.82 Å². The predicted octanol–water partition coefficient (Wildman–Crippen LogP) is 2.48. The third-order valence-electron chi connectivity index (χ3n) is 1.50. The fraction of sp³-hybridized carbons (Fsp3) is 0.222. The molecule has 0 saturated heterocycles. The van der Waals surface area contributed by atoms with Gasteiger partial charge in [0.1, 0.15) is 0 Å². The van der Waals surface area contributed by atoms with Crippen molar-refractivity contribution in [1.29, 1.82) is 0 Å². The average molecular weight is 151 g/mol. The van der Waals surface area contributed by atoms with Crippen molar-refractivity contribution in [1.82, 2.24) is 4.98 Å². The summed E-state index contributed by atoms with van der Waals surface area (Å²) in [5.41, 5.74) is 1.77. The Hall–Kier alpha value is -1.18. The van der Waals surface area contributed by atoms with Crippen LogP contribution in [0.25, 0.3) is 6.08 Å². The molecule has 0 bridgehead atoms. The molecule has 0 N–H and O–H groups in total. The maximum atomic E-state index is 13.0. The minimum absolute atomic E-state index is 0.273. The van der Waals surface area contributed by atoms with Gasteiger partial charge in [-0.15, -0.1) is 0 Å². The van der Waals surface area contributed by atoms with Crippen LogP contribution in [0, 0.1) is 19.7 Å². The number of hydrogen-bond donors (Lipinski definition) is 0. The molecule has 0 aliphatic carbocycles. The van der Waals surface area contributed by atoms with Gasteiger partial charge in [-0.2, -0.15) is 0 Å². The summed E-state index contributed by atoms with van der Waals surface area (Å²) in [5, 5.41) is 0. The molecule has 0 spiro atoms. The van der Waals surface area contributed by atoms with E-state index in [0.717, 1.165) is 5.69 Å². The molecule has 1 aromatic heterocycles. The molecule has 1 nitrogen and oxygen atoms in total. The first-order valence-electron chi connectivity index (χ1n) is 3.41. The topological polar surface area (TPSA) is 12.9 Å². The smallest absolute Gasteiger partial charge is 0.151 e. The predicted molar refractivity (Wildman–Crippen MR) is 43.8 cm³/mol. The second-order valence-corrected chi connectivity index (χ2v) is 2.46. The van der Waals surface area contributed by atoms with Crippen molar-refractivity contribution in [3.05, 3.63) is 35.4 Å². The lowest BCUT2D eigenvalue weighted by Gasteiger charge is -2.01. The Bertz CT molecular complexity index is 292. The molecule has 11 heavy (non-hydrogen) atoms. The van der Waals surface area contributed by atoms with Gasteiger partial charge in [0.25, 0.3) is 0 Å². The number of nitrogens with zero attached hydrogens (tertiary/aromatic N) is 1. The quantitative estimate of drug-likeness (QED) is 0.600. The van der Waals surface area contributed by atoms with Crippen molar-refractivity contribution in [3.8, 4) is 0 Å². The highest BCUT2D eigenvalue weighted by molar-refractivity contribution is 5.48. The normalized spacial score (nSPS) is 9.73. The molecule has 0 amide bonds. The number of aromatic nitrogens is 1. The van der Waals surface area contributed by atoms with Crippen LogP contribution in [0.5, 0.6) is 0 Å². The Balaban J connectivity index is 3.35. The van der Waals surface area contributed by atoms with Gasteiger partial charge in [-0.3, -0.25) is 4.98 Å². The lowest BCUT2D eigenvalue weighted by molar-refractivity contribution is 0.605. The number of halogens is 1. The van der Waals surface area contributed by atoms with Crippen molar-refractivity contribution in [3.63, 3.8) is 0 Å². The van der Waals surface area contributed by atoms with Gasteiger partial charge in [0.05, 0.1) is 5.69 Å². The van der Waals surface area contributed by atoms with Crippen LogP contribution < -0.4 is 0 Å². The SMILES string of the molecule is C=Cc1cc(C)nc(C)c1F. The molecule has 2 heteroatoms. The average Bonchev–Trinajstić information content (AvgIpc) is 1.96.